The van der Waals surface area contributed by atoms with E-state index in [1.165, 1.54) is 11.3 Å². The first-order chi connectivity index (χ1) is 8.44. The fraction of sp³-hybridized carbons (Fsp3) is 0.200. The van der Waals surface area contributed by atoms with E-state index in [0.717, 1.165) is 4.70 Å². The minimum atomic E-state index is -4.43. The Bertz CT molecular complexity index is 534. The molecule has 4 nitrogen and oxygen atoms in total. The summed E-state index contributed by atoms with van der Waals surface area (Å²) >= 11 is 1.19. The molecule has 0 atom stereocenters. The molecule has 1 aromatic heterocycles. The van der Waals surface area contributed by atoms with Crippen LogP contribution in [0.4, 0.5) is 23.1 Å². The van der Waals surface area contributed by atoms with Gasteiger partial charge in [0.15, 0.2) is 5.13 Å². The van der Waals surface area contributed by atoms with Crippen molar-refractivity contribution in [2.24, 2.45) is 0 Å². The van der Waals surface area contributed by atoms with Crippen LogP contribution in [0.1, 0.15) is 0 Å². The minimum Gasteiger partial charge on any atom is -0.329 e. The second kappa shape index (κ2) is 4.81. The lowest BCUT2D eigenvalue weighted by Gasteiger charge is -2.07. The first-order valence-electron chi connectivity index (χ1n) is 4.91. The molecule has 96 valence electrons. The predicted molar refractivity (Wildman–Crippen MR) is 62.7 cm³/mol. The molecule has 1 heterocycles. The summed E-state index contributed by atoms with van der Waals surface area (Å²) in [4.78, 5) is 15.2. The first kappa shape index (κ1) is 12.6. The molecule has 2 rings (SSSR count). The fourth-order valence-corrected chi connectivity index (χ4v) is 2.11. The Morgan fingerprint density at radius 2 is 2.06 bits per heavy atom. The van der Waals surface area contributed by atoms with Crippen molar-refractivity contribution in [1.82, 2.24) is 10.3 Å². The van der Waals surface area contributed by atoms with E-state index in [-0.39, 0.29) is 5.13 Å². The number of hydrogen-bond acceptors (Lipinski definition) is 3. The molecule has 8 heteroatoms. The topological polar surface area (TPSA) is 54.0 Å². The average molecular weight is 275 g/mol. The van der Waals surface area contributed by atoms with Gasteiger partial charge in [-0.15, -0.1) is 0 Å². The Balaban J connectivity index is 1.99. The summed E-state index contributed by atoms with van der Waals surface area (Å²) in [6, 6.07) is 6.24. The lowest BCUT2D eigenvalue weighted by molar-refractivity contribution is -0.122. The molecule has 2 aromatic rings. The number of para-hydroxylation sites is 1. The molecular formula is C10H8F3N3OS. The summed E-state index contributed by atoms with van der Waals surface area (Å²) in [7, 11) is 0. The van der Waals surface area contributed by atoms with Gasteiger partial charge in [-0.2, -0.15) is 13.2 Å². The zero-order valence-electron chi connectivity index (χ0n) is 8.91. The highest BCUT2D eigenvalue weighted by atomic mass is 32.1. The van der Waals surface area contributed by atoms with E-state index >= 15 is 0 Å². The molecule has 0 spiro atoms. The number of halogens is 3. The number of carbonyl (C=O) groups is 1. The normalized spacial score (nSPS) is 11.5. The number of alkyl halides is 3. The molecule has 0 saturated carbocycles. The number of urea groups is 1. The van der Waals surface area contributed by atoms with Gasteiger partial charge in [-0.05, 0) is 12.1 Å². The number of nitrogens with zero attached hydrogens (tertiary/aromatic N) is 1. The highest BCUT2D eigenvalue weighted by molar-refractivity contribution is 7.22. The summed E-state index contributed by atoms with van der Waals surface area (Å²) in [6.45, 7) is -1.37. The second-order valence-electron chi connectivity index (χ2n) is 3.41. The van der Waals surface area contributed by atoms with Gasteiger partial charge < -0.3 is 5.32 Å². The van der Waals surface area contributed by atoms with Crippen molar-refractivity contribution in [3.05, 3.63) is 24.3 Å². The summed E-state index contributed by atoms with van der Waals surface area (Å²) in [5.74, 6) is 0. The van der Waals surface area contributed by atoms with Gasteiger partial charge in [0.05, 0.1) is 10.2 Å². The van der Waals surface area contributed by atoms with Crippen LogP contribution in [0.15, 0.2) is 24.3 Å². The molecule has 18 heavy (non-hydrogen) atoms. The third-order valence-corrected chi connectivity index (χ3v) is 2.92. The molecular weight excluding hydrogens is 267 g/mol. The highest BCUT2D eigenvalue weighted by Gasteiger charge is 2.27. The summed E-state index contributed by atoms with van der Waals surface area (Å²) < 4.78 is 36.5. The third-order valence-electron chi connectivity index (χ3n) is 1.96. The monoisotopic (exact) mass is 275 g/mol. The second-order valence-corrected chi connectivity index (χ2v) is 4.44. The largest absolute Gasteiger partial charge is 0.405 e. The molecule has 1 aromatic carbocycles. The van der Waals surface area contributed by atoms with Crippen molar-refractivity contribution in [2.75, 3.05) is 11.9 Å². The number of hydrogen-bond donors (Lipinski definition) is 2. The number of amides is 2. The van der Waals surface area contributed by atoms with E-state index < -0.39 is 18.8 Å². The van der Waals surface area contributed by atoms with Crippen LogP contribution in [0.25, 0.3) is 10.2 Å². The van der Waals surface area contributed by atoms with Crippen molar-refractivity contribution < 1.29 is 18.0 Å². The van der Waals surface area contributed by atoms with Crippen LogP contribution in [0.5, 0.6) is 0 Å². The maximum atomic E-state index is 11.9. The Morgan fingerprint density at radius 1 is 1.33 bits per heavy atom. The van der Waals surface area contributed by atoms with Crippen LogP contribution in [0.3, 0.4) is 0 Å². The third kappa shape index (κ3) is 3.33. The fourth-order valence-electron chi connectivity index (χ4n) is 1.25. The number of carbonyl (C=O) groups excluding carboxylic acids is 1. The molecule has 0 fully saturated rings. The number of nitrogens with one attached hydrogen (secondary N) is 2. The quantitative estimate of drug-likeness (QED) is 0.885. The van der Waals surface area contributed by atoms with E-state index in [0.29, 0.717) is 5.52 Å². The number of anilines is 1. The molecule has 0 radical (unpaired) electrons. The lowest BCUT2D eigenvalue weighted by Crippen LogP contribution is -2.36. The maximum absolute atomic E-state index is 11.9. The molecule has 0 aliphatic heterocycles. The van der Waals surface area contributed by atoms with Gasteiger partial charge in [-0.1, -0.05) is 23.5 Å². The number of benzene rings is 1. The van der Waals surface area contributed by atoms with Gasteiger partial charge in [-0.25, -0.2) is 9.78 Å². The SMILES string of the molecule is O=C(NCC(F)(F)F)Nc1nc2ccccc2s1. The average Bonchev–Trinajstić information content (AvgIpc) is 2.67. The van der Waals surface area contributed by atoms with Gasteiger partial charge in [-0.3, -0.25) is 5.32 Å². The lowest BCUT2D eigenvalue weighted by atomic mass is 10.3. The zero-order valence-corrected chi connectivity index (χ0v) is 9.73. The smallest absolute Gasteiger partial charge is 0.329 e. The number of rotatable bonds is 2. The van der Waals surface area contributed by atoms with Crippen molar-refractivity contribution in [3.63, 3.8) is 0 Å². The summed E-state index contributed by atoms with van der Waals surface area (Å²) in [5, 5.41) is 4.23. The van der Waals surface area contributed by atoms with Crippen LogP contribution in [0, 0.1) is 0 Å². The summed E-state index contributed by atoms with van der Waals surface area (Å²) in [6.07, 6.45) is -4.43. The standard InChI is InChI=1S/C10H8F3N3OS/c11-10(12,13)5-14-8(17)16-9-15-6-3-1-2-4-7(6)18-9/h1-4H,5H2,(H2,14,15,16,17). The van der Waals surface area contributed by atoms with Gasteiger partial charge >= 0.3 is 12.2 Å². The molecule has 2 N–H and O–H groups in total. The van der Waals surface area contributed by atoms with Crippen LogP contribution in [-0.4, -0.2) is 23.7 Å². The van der Waals surface area contributed by atoms with Crippen molar-refractivity contribution >= 4 is 32.7 Å². The highest BCUT2D eigenvalue weighted by Crippen LogP contribution is 2.25. The zero-order chi connectivity index (χ0) is 13.2. The van der Waals surface area contributed by atoms with Crippen molar-refractivity contribution in [1.29, 1.82) is 0 Å². The molecule has 2 amide bonds. The van der Waals surface area contributed by atoms with Gasteiger partial charge in [0.2, 0.25) is 0 Å². The first-order valence-corrected chi connectivity index (χ1v) is 5.73. The van der Waals surface area contributed by atoms with Crippen molar-refractivity contribution in [2.45, 2.75) is 6.18 Å². The number of fused-ring (bicyclic) bond motifs is 1. The molecule has 0 aliphatic rings. The Hall–Kier alpha value is -1.83. The Kier molecular flexibility index (Phi) is 3.37. The minimum absolute atomic E-state index is 0.260. The van der Waals surface area contributed by atoms with Crippen LogP contribution in [0.2, 0.25) is 0 Å². The maximum Gasteiger partial charge on any atom is 0.405 e. The van der Waals surface area contributed by atoms with Gasteiger partial charge in [0.1, 0.15) is 6.54 Å². The van der Waals surface area contributed by atoms with Gasteiger partial charge in [0, 0.05) is 0 Å². The van der Waals surface area contributed by atoms with E-state index in [2.05, 4.69) is 10.3 Å². The molecule has 0 bridgehead atoms. The summed E-state index contributed by atoms with van der Waals surface area (Å²) in [5.41, 5.74) is 0.689. The van der Waals surface area contributed by atoms with Crippen LogP contribution in [-0.2, 0) is 0 Å². The molecule has 0 aliphatic carbocycles. The van der Waals surface area contributed by atoms with Crippen LogP contribution >= 0.6 is 11.3 Å². The number of thiazole rings is 1. The Labute approximate surface area is 104 Å². The predicted octanol–water partition coefficient (Wildman–Crippen LogP) is 2.98. The van der Waals surface area contributed by atoms with E-state index in [4.69, 9.17) is 0 Å². The van der Waals surface area contributed by atoms with Crippen molar-refractivity contribution in [3.8, 4) is 0 Å². The molecule has 0 saturated heterocycles. The van der Waals surface area contributed by atoms with Gasteiger partial charge in [0.25, 0.3) is 0 Å². The van der Waals surface area contributed by atoms with E-state index in [1.807, 2.05) is 12.1 Å². The van der Waals surface area contributed by atoms with E-state index in [9.17, 15) is 18.0 Å². The Morgan fingerprint density at radius 3 is 2.72 bits per heavy atom. The van der Waals surface area contributed by atoms with Crippen LogP contribution < -0.4 is 10.6 Å². The van der Waals surface area contributed by atoms with E-state index in [1.54, 1.807) is 17.4 Å². The molecule has 0 unspecified atom stereocenters. The number of aromatic nitrogens is 1.